The van der Waals surface area contributed by atoms with Crippen LogP contribution in [0.1, 0.15) is 96.8 Å². The topological polar surface area (TPSA) is 231 Å². The number of aliphatic hydroxyl groups excluding tert-OH is 2. The number of hydrogen-bond donors (Lipinski definition) is 4. The molecule has 1 saturated heterocycles. The molecule has 4 fully saturated rings. The zero-order chi connectivity index (χ0) is 45.7. The number of aliphatic hydroxyl groups is 3. The summed E-state index contributed by atoms with van der Waals surface area (Å²) >= 11 is 0. The van der Waals surface area contributed by atoms with Gasteiger partial charge in [0.25, 0.3) is 0 Å². The molecule has 3 saturated carbocycles. The van der Waals surface area contributed by atoms with Crippen LogP contribution in [0.25, 0.3) is 0 Å². The number of benzene rings is 1. The molecule has 2 bridgehead atoms. The molecule has 62 heavy (non-hydrogen) atoms. The summed E-state index contributed by atoms with van der Waals surface area (Å²) in [4.78, 5) is 83.2. The van der Waals surface area contributed by atoms with Crippen molar-refractivity contribution in [2.45, 2.75) is 154 Å². The molecule has 342 valence electrons. The first-order valence-electron chi connectivity index (χ1n) is 21.7. The molecule has 6 rings (SSSR count). The van der Waals surface area contributed by atoms with Crippen LogP contribution < -0.4 is 5.32 Å². The highest BCUT2D eigenvalue weighted by molar-refractivity contribution is 6.76. The summed E-state index contributed by atoms with van der Waals surface area (Å²) in [6.45, 7) is 14.2. The van der Waals surface area contributed by atoms with Crippen molar-refractivity contribution in [2.75, 3.05) is 12.8 Å². The van der Waals surface area contributed by atoms with E-state index in [-0.39, 0.29) is 36.3 Å². The van der Waals surface area contributed by atoms with Gasteiger partial charge in [-0.05, 0) is 43.4 Å². The second-order valence-corrected chi connectivity index (χ2v) is 25.3. The smallest absolute Gasteiger partial charge is 0.407 e. The van der Waals surface area contributed by atoms with Gasteiger partial charge in [-0.2, -0.15) is 0 Å². The number of Topliss-reactive ketones (excluding diaryl/α,β-unsaturated/α-hetero) is 1. The predicted molar refractivity (Wildman–Crippen MR) is 222 cm³/mol. The number of ketones is 1. The van der Waals surface area contributed by atoms with Crippen LogP contribution >= 0.6 is 0 Å². The van der Waals surface area contributed by atoms with E-state index in [0.717, 1.165) is 33.1 Å². The van der Waals surface area contributed by atoms with E-state index < -0.39 is 126 Å². The molecule has 1 aliphatic heterocycles. The van der Waals surface area contributed by atoms with E-state index in [4.69, 9.17) is 28.4 Å². The maximum Gasteiger partial charge on any atom is 0.407 e. The van der Waals surface area contributed by atoms with Crippen LogP contribution in [0.15, 0.2) is 41.7 Å². The van der Waals surface area contributed by atoms with Gasteiger partial charge in [-0.25, -0.2) is 14.4 Å². The van der Waals surface area contributed by atoms with Gasteiger partial charge in [-0.1, -0.05) is 77.9 Å². The zero-order valence-corrected chi connectivity index (χ0v) is 38.2. The van der Waals surface area contributed by atoms with Crippen molar-refractivity contribution < 1.29 is 72.5 Å². The Morgan fingerprint density at radius 3 is 2.18 bits per heavy atom. The summed E-state index contributed by atoms with van der Waals surface area (Å²) in [5.74, 6) is -7.99. The number of ether oxygens (including phenoxy) is 6. The lowest BCUT2D eigenvalue weighted by molar-refractivity contribution is -0.345. The van der Waals surface area contributed by atoms with Crippen LogP contribution in [0.3, 0.4) is 0 Å². The molecule has 0 radical (unpaired) electrons. The Kier molecular flexibility index (Phi) is 13.3. The average molecular weight is 886 g/mol. The number of hydrogen-bond acceptors (Lipinski definition) is 15. The van der Waals surface area contributed by atoms with E-state index in [1.54, 1.807) is 39.0 Å². The number of fused-ring (bicyclic) bond motifs is 5. The largest absolute Gasteiger partial charge is 0.460 e. The van der Waals surface area contributed by atoms with Crippen molar-refractivity contribution in [1.29, 1.82) is 0 Å². The molecule has 1 aromatic rings. The van der Waals surface area contributed by atoms with E-state index in [1.165, 1.54) is 19.1 Å². The Bertz CT molecular complexity index is 1960. The Labute approximate surface area is 363 Å². The summed E-state index contributed by atoms with van der Waals surface area (Å²) in [7, 11) is -1.83. The van der Waals surface area contributed by atoms with Gasteiger partial charge >= 0.3 is 30.0 Å². The molecule has 17 heteroatoms. The van der Waals surface area contributed by atoms with Gasteiger partial charge in [-0.3, -0.25) is 14.4 Å². The first-order chi connectivity index (χ1) is 28.9. The molecule has 1 heterocycles. The summed E-state index contributed by atoms with van der Waals surface area (Å²) in [5, 5.41) is 40.3. The Morgan fingerprint density at radius 1 is 0.968 bits per heavy atom. The van der Waals surface area contributed by atoms with Crippen LogP contribution in [-0.2, 0) is 47.6 Å². The SMILES string of the molecule is CC(=O)OC1=C2C(C)[C@@H](OC(=O)[C@H](O)[C@@H](NC(=O)OC[Si](C)(C)C)C3CCCCC3)C[C@@](O)([C@@H](OC(=O)c3ccccc3)[C@@H]3[C@]4(OC(C)=O)CO[C@@H]4C[C@H](O)[C@@]3(C)C1=O)C2(C)C. The van der Waals surface area contributed by atoms with Gasteiger partial charge in [0.15, 0.2) is 17.5 Å². The van der Waals surface area contributed by atoms with Crippen LogP contribution in [0, 0.1) is 28.6 Å². The Morgan fingerprint density at radius 2 is 1.61 bits per heavy atom. The third-order valence-electron chi connectivity index (χ3n) is 14.1. The second-order valence-electron chi connectivity index (χ2n) is 19.9. The number of amides is 1. The molecule has 4 aliphatic carbocycles. The minimum absolute atomic E-state index is 0.0248. The van der Waals surface area contributed by atoms with Crippen molar-refractivity contribution in [3.8, 4) is 0 Å². The number of carbonyl (C=O) groups is 6. The van der Waals surface area contributed by atoms with Gasteiger partial charge < -0.3 is 49.1 Å². The second kappa shape index (κ2) is 17.4. The van der Waals surface area contributed by atoms with Gasteiger partial charge in [0.05, 0.1) is 50.0 Å². The fourth-order valence-electron chi connectivity index (χ4n) is 10.8. The van der Waals surface area contributed by atoms with E-state index in [1.807, 2.05) is 19.6 Å². The van der Waals surface area contributed by atoms with Gasteiger partial charge in [0.2, 0.25) is 5.78 Å². The Balaban J connectivity index is 1.50. The molecular formula is C45H63NO15Si. The summed E-state index contributed by atoms with van der Waals surface area (Å²) in [5.41, 5.74) is -7.71. The molecule has 0 spiro atoms. The van der Waals surface area contributed by atoms with Gasteiger partial charge in [0.1, 0.15) is 23.9 Å². The lowest BCUT2D eigenvalue weighted by Gasteiger charge is -2.67. The summed E-state index contributed by atoms with van der Waals surface area (Å²) in [6, 6.07) is 6.80. The normalized spacial score (nSPS) is 34.0. The number of esters is 4. The highest BCUT2D eigenvalue weighted by atomic mass is 28.3. The van der Waals surface area contributed by atoms with Crippen molar-refractivity contribution in [2.24, 2.45) is 28.6 Å². The van der Waals surface area contributed by atoms with Crippen molar-refractivity contribution in [1.82, 2.24) is 5.32 Å². The number of rotatable bonds is 11. The quantitative estimate of drug-likeness (QED) is 0.138. The van der Waals surface area contributed by atoms with E-state index in [9.17, 15) is 39.3 Å². The number of allylic oxidation sites excluding steroid dienone is 1. The maximum absolute atomic E-state index is 15.5. The fraction of sp³-hybridized carbons (Fsp3) is 0.689. The zero-order valence-electron chi connectivity index (χ0n) is 37.2. The predicted octanol–water partition coefficient (Wildman–Crippen LogP) is 4.32. The first-order valence-corrected chi connectivity index (χ1v) is 25.4. The molecular weight excluding hydrogens is 823 g/mol. The molecule has 1 aromatic carbocycles. The average Bonchev–Trinajstić information content (AvgIpc) is 3.20. The monoisotopic (exact) mass is 885 g/mol. The van der Waals surface area contributed by atoms with Crippen LogP contribution in [-0.4, -0.2) is 120 Å². The van der Waals surface area contributed by atoms with Crippen molar-refractivity contribution in [3.05, 3.63) is 47.2 Å². The summed E-state index contributed by atoms with van der Waals surface area (Å²) < 4.78 is 35.8. The Hall–Kier alpha value is -4.16. The van der Waals surface area contributed by atoms with Crippen LogP contribution in [0.4, 0.5) is 4.79 Å². The molecule has 1 amide bonds. The number of carbonyl (C=O) groups excluding carboxylic acids is 6. The third kappa shape index (κ3) is 8.47. The van der Waals surface area contributed by atoms with Crippen LogP contribution in [0.5, 0.6) is 0 Å². The molecule has 11 atom stereocenters. The van der Waals surface area contributed by atoms with Crippen molar-refractivity contribution in [3.63, 3.8) is 0 Å². The van der Waals surface area contributed by atoms with Gasteiger partial charge in [0, 0.05) is 38.0 Å². The summed E-state index contributed by atoms with van der Waals surface area (Å²) in [6.07, 6.45) is -5.10. The number of nitrogens with one attached hydrogen (secondary N) is 1. The highest BCUT2D eigenvalue weighted by Crippen LogP contribution is 2.65. The number of alkyl carbamates (subject to hydrolysis) is 1. The van der Waals surface area contributed by atoms with E-state index >= 15 is 4.79 Å². The maximum atomic E-state index is 15.5. The minimum atomic E-state index is -2.36. The molecule has 16 nitrogen and oxygen atoms in total. The van der Waals surface area contributed by atoms with Crippen molar-refractivity contribution >= 4 is 43.8 Å². The first kappa shape index (κ1) is 47.3. The molecule has 1 unspecified atom stereocenters. The highest BCUT2D eigenvalue weighted by Gasteiger charge is 2.78. The lowest BCUT2D eigenvalue weighted by Crippen LogP contribution is -2.81. The third-order valence-corrected chi connectivity index (χ3v) is 15.1. The minimum Gasteiger partial charge on any atom is -0.460 e. The van der Waals surface area contributed by atoms with E-state index in [0.29, 0.717) is 12.8 Å². The lowest BCUT2D eigenvalue weighted by atomic mass is 9.45. The molecule has 4 N–H and O–H groups in total. The molecule has 0 aromatic heterocycles. The standard InChI is InChI=1S/C45H63NO15Si/c1-24-29(59-40(53)34(50)33(27-16-12-10-13-17-27)46-41(54)57-23-62(7,8)9)21-45(55)38(60-39(52)28-18-14-11-15-19-28)36-43(6,30(49)20-31-44(36,22-56-31)61-26(3)48)37(51)35(58-25(2)47)32(24)42(45,4)5/h11,14-15,18-19,24,27,29-31,33-34,36,38,49-50,55H,10,12-13,16-17,20-23H2,1-9H3,(H,46,54)/t24?,29-,30-,31+,33-,34+,36-,38-,43+,44-,45+/m0/s1. The van der Waals surface area contributed by atoms with Gasteiger partial charge in [-0.15, -0.1) is 0 Å². The van der Waals surface area contributed by atoms with Crippen LogP contribution in [0.2, 0.25) is 19.6 Å². The van der Waals surface area contributed by atoms with E-state index in [2.05, 4.69) is 5.32 Å². The fourth-order valence-corrected chi connectivity index (χ4v) is 11.4. The molecule has 5 aliphatic rings.